The van der Waals surface area contributed by atoms with E-state index < -0.39 is 11.9 Å². The number of aromatic nitrogens is 12. The average Bonchev–Trinajstić information content (AvgIpc) is 1.80. The summed E-state index contributed by atoms with van der Waals surface area (Å²) in [6, 6.07) is 20.7. The average molecular weight is 1230 g/mol. The molecule has 20 nitrogen and oxygen atoms in total. The first-order valence-electron chi connectivity index (χ1n) is 28.7. The van der Waals surface area contributed by atoms with Crippen LogP contribution in [0.2, 0.25) is 0 Å². The summed E-state index contributed by atoms with van der Waals surface area (Å²) in [4.78, 5) is 39.1. The lowest BCUT2D eigenvalue weighted by molar-refractivity contribution is -0.141. The van der Waals surface area contributed by atoms with Gasteiger partial charge in [0.1, 0.15) is 74.9 Å². The quantitative estimate of drug-likeness (QED) is 0.0831. The molecule has 0 unspecified atom stereocenters. The first-order chi connectivity index (χ1) is 44.0. The Bertz CT molecular complexity index is 4800. The molecule has 0 fully saturated rings. The number of pyridine rings is 3. The summed E-state index contributed by atoms with van der Waals surface area (Å²) in [7, 11) is 0. The number of fused-ring (bicyclic) bond motifs is 6. The minimum absolute atomic E-state index is 0.193. The molecule has 0 atom stereocenters. The zero-order valence-corrected chi connectivity index (χ0v) is 48.9. The third-order valence-electron chi connectivity index (χ3n) is 15.6. The maximum atomic E-state index is 14.4. The lowest BCUT2D eigenvalue weighted by atomic mass is 10.0. The van der Waals surface area contributed by atoms with E-state index in [1.165, 1.54) is 30.5 Å². The summed E-state index contributed by atoms with van der Waals surface area (Å²) >= 11 is 0. The predicted molar refractivity (Wildman–Crippen MR) is 326 cm³/mol. The fourth-order valence-corrected chi connectivity index (χ4v) is 11.2. The molecule has 12 heterocycles. The molecule has 0 saturated heterocycles. The number of nitrogens with zero attached hydrogens (tertiary/aromatic N) is 13. The molecule has 0 saturated carbocycles. The normalized spacial score (nSPS) is 12.8. The van der Waals surface area contributed by atoms with Crippen molar-refractivity contribution in [3.05, 3.63) is 208 Å². The Morgan fingerprint density at radius 2 is 0.857 bits per heavy atom. The minimum atomic E-state index is -4.51. The molecule has 0 aliphatic carbocycles. The van der Waals surface area contributed by atoms with Crippen molar-refractivity contribution < 1.29 is 40.6 Å². The predicted octanol–water partition coefficient (Wildman–Crippen LogP) is 11.8. The van der Waals surface area contributed by atoms with Crippen LogP contribution in [0.15, 0.2) is 129 Å². The lowest BCUT2D eigenvalue weighted by Crippen LogP contribution is -2.10. The minimum Gasteiger partial charge on any atom is -0.493 e. The Labute approximate surface area is 514 Å². The number of hydrogen-bond donors (Lipinski definition) is 4. The molecular formula is C65H53F6N17O3. The van der Waals surface area contributed by atoms with Crippen LogP contribution in [0.3, 0.4) is 0 Å². The highest BCUT2D eigenvalue weighted by atomic mass is 19.4. The largest absolute Gasteiger partial charge is 0.493 e. The molecule has 3 aromatic carbocycles. The van der Waals surface area contributed by atoms with Crippen molar-refractivity contribution in [1.29, 1.82) is 5.26 Å². The fraction of sp³-hybridized carbons (Fsp3) is 0.200. The molecular weight excluding hydrogens is 1180 g/mol. The van der Waals surface area contributed by atoms with E-state index in [0.29, 0.717) is 126 Å². The van der Waals surface area contributed by atoms with Crippen molar-refractivity contribution in [2.75, 3.05) is 41.5 Å². The van der Waals surface area contributed by atoms with E-state index in [0.717, 1.165) is 79.7 Å². The van der Waals surface area contributed by atoms with Crippen molar-refractivity contribution >= 4 is 40.6 Å². The van der Waals surface area contributed by atoms with Crippen molar-refractivity contribution in [3.63, 3.8) is 0 Å². The molecule has 91 heavy (non-hydrogen) atoms. The van der Waals surface area contributed by atoms with Crippen LogP contribution in [0.5, 0.6) is 17.2 Å². The van der Waals surface area contributed by atoms with Crippen LogP contribution in [0.1, 0.15) is 61.9 Å². The van der Waals surface area contributed by atoms with E-state index in [4.69, 9.17) is 25.2 Å². The summed E-state index contributed by atoms with van der Waals surface area (Å²) in [6.07, 6.45) is 12.5. The summed E-state index contributed by atoms with van der Waals surface area (Å²) in [6.45, 7) is 8.08. The Morgan fingerprint density at radius 3 is 1.19 bits per heavy atom. The van der Waals surface area contributed by atoms with E-state index in [1.54, 1.807) is 72.6 Å². The van der Waals surface area contributed by atoms with Gasteiger partial charge in [0.25, 0.3) is 0 Å². The molecule has 0 spiro atoms. The standard InChI is InChI=1S/C22H17F4N5O.C22H17FN6O.C21H19FN6O/c1-12-11-31-20(30-12)15(13-2-5-19(27-8-13)22(24,25)26)9-28-21(31)29-10-16-14-6-7-32-18(14)4-3-17(16)23;1-13-12-29-21(28-13)17(14-2-3-15(8-24)25-9-14)10-26-22(29)27-11-18-16-6-7-30-20(16)5-4-19(18)23;1-12-11-28-20(27-12)15(13-2-5-19(23)24-8-13)9-25-21(28)26-10-16-14-6-7-29-18(14)4-3-17(16)22/h2-5,8-9,11H,6-7,10H2,1H3,(H,28,29);2-5,9-10,12H,6-7,11H2,1H3,(H,26,27);2-5,8-9,11H,6-7,10H2,1H3,(H2,23,24)(H,25,26). The number of nitriles is 1. The number of anilines is 4. The summed E-state index contributed by atoms with van der Waals surface area (Å²) in [5.74, 6) is 3.39. The van der Waals surface area contributed by atoms with Crippen molar-refractivity contribution in [1.82, 2.24) is 58.1 Å². The van der Waals surface area contributed by atoms with Gasteiger partial charge in [0.05, 0.1) is 36.9 Å². The van der Waals surface area contributed by atoms with Gasteiger partial charge in [0.15, 0.2) is 0 Å². The van der Waals surface area contributed by atoms with Gasteiger partial charge in [-0.05, 0) is 87.5 Å². The van der Waals surface area contributed by atoms with Gasteiger partial charge in [-0.3, -0.25) is 18.2 Å². The number of imidazole rings is 3. The smallest absolute Gasteiger partial charge is 0.433 e. The van der Waals surface area contributed by atoms with Gasteiger partial charge >= 0.3 is 6.18 Å². The molecule has 15 rings (SSSR count). The maximum Gasteiger partial charge on any atom is 0.433 e. The van der Waals surface area contributed by atoms with E-state index in [1.807, 2.05) is 53.2 Å². The van der Waals surface area contributed by atoms with E-state index >= 15 is 0 Å². The second-order valence-electron chi connectivity index (χ2n) is 21.5. The first kappa shape index (κ1) is 58.6. The Balaban J connectivity index is 0.000000125. The van der Waals surface area contributed by atoms with Gasteiger partial charge in [0.2, 0.25) is 17.8 Å². The van der Waals surface area contributed by atoms with Crippen molar-refractivity contribution in [3.8, 4) is 56.7 Å². The SMILES string of the molecule is Cc1cn2c(NCc3c(F)ccc4c3CCO4)ncc(-c3ccc(C#N)nc3)c2n1.Cc1cn2c(NCc3c(F)ccc4c3CCO4)ncc(-c3ccc(C(F)(F)F)nc3)c2n1.Cc1cn2c(NCc3c(F)ccc4c3CCO4)ncc(-c3ccc(N)nc3)c2n1. The molecule has 9 aromatic heterocycles. The number of halogens is 6. The first-order valence-corrected chi connectivity index (χ1v) is 28.7. The van der Waals surface area contributed by atoms with Crippen LogP contribution >= 0.6 is 0 Å². The van der Waals surface area contributed by atoms with Crippen molar-refractivity contribution in [2.45, 2.75) is 65.8 Å². The van der Waals surface area contributed by atoms with Gasteiger partial charge in [-0.15, -0.1) is 0 Å². The number of aryl methyl sites for hydroxylation is 3. The highest BCUT2D eigenvalue weighted by molar-refractivity contribution is 5.80. The number of nitrogen functional groups attached to an aromatic ring is 1. The summed E-state index contributed by atoms with van der Waals surface area (Å²) in [5.41, 5.74) is 18.1. The van der Waals surface area contributed by atoms with Crippen LogP contribution in [0, 0.1) is 49.6 Å². The number of hydrogen-bond acceptors (Lipinski definition) is 17. The number of nitrogens with two attached hydrogens (primary N) is 1. The van der Waals surface area contributed by atoms with Crippen LogP contribution in [-0.4, -0.2) is 77.9 Å². The zero-order chi connectivity index (χ0) is 63.1. The van der Waals surface area contributed by atoms with Crippen LogP contribution in [-0.2, 0) is 45.1 Å². The van der Waals surface area contributed by atoms with Crippen LogP contribution < -0.4 is 35.9 Å². The Morgan fingerprint density at radius 1 is 0.484 bits per heavy atom. The highest BCUT2D eigenvalue weighted by Gasteiger charge is 2.32. The molecule has 3 aliphatic heterocycles. The number of benzene rings is 3. The zero-order valence-electron chi connectivity index (χ0n) is 48.9. The third kappa shape index (κ3) is 11.8. The Kier molecular flexibility index (Phi) is 15.7. The fourth-order valence-electron chi connectivity index (χ4n) is 11.2. The number of alkyl halides is 3. The molecule has 458 valence electrons. The second-order valence-corrected chi connectivity index (χ2v) is 21.5. The topological polar surface area (TPSA) is 243 Å². The molecule has 3 aliphatic rings. The van der Waals surface area contributed by atoms with Gasteiger partial charge in [-0.1, -0.05) is 6.07 Å². The molecule has 5 N–H and O–H groups in total. The highest BCUT2D eigenvalue weighted by Crippen LogP contribution is 2.36. The van der Waals surface area contributed by atoms with Crippen LogP contribution in [0.25, 0.3) is 50.3 Å². The number of ether oxygens (including phenoxy) is 3. The Hall–Kier alpha value is -11.4. The molecule has 26 heteroatoms. The van der Waals surface area contributed by atoms with E-state index in [9.17, 15) is 26.3 Å². The molecule has 12 aromatic rings. The number of rotatable bonds is 12. The van der Waals surface area contributed by atoms with Gasteiger partial charge < -0.3 is 35.9 Å². The van der Waals surface area contributed by atoms with Gasteiger partial charge in [-0.2, -0.15) is 18.4 Å². The molecule has 0 amide bonds. The summed E-state index contributed by atoms with van der Waals surface area (Å²) in [5, 5.41) is 18.6. The molecule has 0 radical (unpaired) electrons. The van der Waals surface area contributed by atoms with E-state index in [2.05, 4.69) is 60.8 Å². The summed E-state index contributed by atoms with van der Waals surface area (Å²) < 4.78 is 104. The molecule has 0 bridgehead atoms. The maximum absolute atomic E-state index is 14.4. The monoisotopic (exact) mass is 1230 g/mol. The number of nitrogens with one attached hydrogen (secondary N) is 3. The third-order valence-corrected chi connectivity index (χ3v) is 15.6. The van der Waals surface area contributed by atoms with Gasteiger partial charge in [-0.25, -0.2) is 53.0 Å². The lowest BCUT2D eigenvalue weighted by Gasteiger charge is -2.13. The van der Waals surface area contributed by atoms with Gasteiger partial charge in [0, 0.05) is 161 Å². The second kappa shape index (κ2) is 24.3. The van der Waals surface area contributed by atoms with Crippen molar-refractivity contribution in [2.24, 2.45) is 0 Å². The van der Waals surface area contributed by atoms with E-state index in [-0.39, 0.29) is 30.5 Å². The van der Waals surface area contributed by atoms with Crippen LogP contribution in [0.4, 0.5) is 50.0 Å².